The largest absolute Gasteiger partial charge is 0.481 e. The van der Waals surface area contributed by atoms with E-state index < -0.39 is 5.97 Å². The van der Waals surface area contributed by atoms with E-state index in [2.05, 4.69) is 0 Å². The van der Waals surface area contributed by atoms with E-state index in [0.717, 1.165) is 6.92 Å². The van der Waals surface area contributed by atoms with Crippen LogP contribution in [0.5, 0.6) is 0 Å². The van der Waals surface area contributed by atoms with Crippen LogP contribution in [0.3, 0.4) is 0 Å². The fourth-order valence-corrected chi connectivity index (χ4v) is 0. The number of carbonyl (C=O) groups is 1. The summed E-state index contributed by atoms with van der Waals surface area (Å²) >= 11 is 0. The van der Waals surface area contributed by atoms with Crippen molar-refractivity contribution in [2.24, 2.45) is 0 Å². The molecule has 0 aliphatic rings. The minimum atomic E-state index is -0.833. The van der Waals surface area contributed by atoms with Crippen molar-refractivity contribution < 1.29 is 84.5 Å². The van der Waals surface area contributed by atoms with Crippen LogP contribution >= 0.6 is 0 Å². The molecule has 0 spiro atoms. The molecular weight excluding hydrogens is 292 g/mol. The molecule has 0 atom stereocenters. The van der Waals surface area contributed by atoms with Gasteiger partial charge in [0.05, 0.1) is 0 Å². The van der Waals surface area contributed by atoms with Gasteiger partial charge in [0.2, 0.25) is 0 Å². The third-order valence-electron chi connectivity index (χ3n) is 0. The molecule has 0 aromatic rings. The van der Waals surface area contributed by atoms with Gasteiger partial charge in [0, 0.05) is 48.7 Å². The molecule has 0 amide bonds. The number of carboxylic acid groups (broad SMARTS) is 1. The minimum Gasteiger partial charge on any atom is -0.481 e. The zero-order valence-corrected chi connectivity index (χ0v) is 9.00. The first-order valence-electron chi connectivity index (χ1n) is 0.928. The summed E-state index contributed by atoms with van der Waals surface area (Å²) in [6.07, 6.45) is 0. The molecule has 0 unspecified atom stereocenters. The second-order valence-corrected chi connectivity index (χ2v) is 0.519. The molecule has 0 rings (SSSR count). The molecule has 0 radical (unpaired) electrons. The van der Waals surface area contributed by atoms with Crippen molar-refractivity contribution in [3.05, 3.63) is 0 Å². The molecule has 0 saturated heterocycles. The van der Waals surface area contributed by atoms with Gasteiger partial charge in [-0.25, -0.2) is 0 Å². The normalized spacial score (nSPS) is 2.27. The van der Waals surface area contributed by atoms with Gasteiger partial charge in [0.15, 0.2) is 0 Å². The molecule has 76 valence electrons. The Hall–Kier alpha value is 0.607. The van der Waals surface area contributed by atoms with E-state index in [1.54, 1.807) is 0 Å². The van der Waals surface area contributed by atoms with Crippen molar-refractivity contribution in [1.29, 1.82) is 0 Å². The zero-order chi connectivity index (χ0) is 3.58. The Kier molecular flexibility index (Phi) is 687. The van der Waals surface area contributed by atoms with E-state index in [-0.39, 0.29) is 74.6 Å². The van der Waals surface area contributed by atoms with E-state index in [1.807, 2.05) is 0 Å². The van der Waals surface area contributed by atoms with Crippen molar-refractivity contribution in [2.45, 2.75) is 6.92 Å². The number of hydrogen-bond donors (Lipinski definition) is 1. The second-order valence-electron chi connectivity index (χ2n) is 0.519. The molecular formula is C2H16CeO8. The Morgan fingerprint density at radius 3 is 0.909 bits per heavy atom. The maximum atomic E-state index is 9.00. The van der Waals surface area contributed by atoms with Crippen molar-refractivity contribution in [1.82, 2.24) is 0 Å². The Morgan fingerprint density at radius 1 is 0.909 bits per heavy atom. The third-order valence-corrected chi connectivity index (χ3v) is 0. The van der Waals surface area contributed by atoms with Crippen LogP contribution in [0.15, 0.2) is 0 Å². The van der Waals surface area contributed by atoms with Crippen LogP contribution in [0, 0.1) is 41.7 Å². The van der Waals surface area contributed by atoms with Gasteiger partial charge in [-0.3, -0.25) is 4.79 Å². The van der Waals surface area contributed by atoms with Crippen molar-refractivity contribution in [3.8, 4) is 0 Å². The summed E-state index contributed by atoms with van der Waals surface area (Å²) in [4.78, 5) is 9.00. The molecule has 0 aromatic heterocycles. The van der Waals surface area contributed by atoms with E-state index >= 15 is 0 Å². The fourth-order valence-electron chi connectivity index (χ4n) is 0. The first-order chi connectivity index (χ1) is 1.73. The molecule has 8 nitrogen and oxygen atoms in total. The Bertz CT molecular complexity index is 35.1. The van der Waals surface area contributed by atoms with Gasteiger partial charge < -0.3 is 38.0 Å². The number of carboxylic acids is 1. The molecule has 0 aliphatic heterocycles. The Morgan fingerprint density at radius 2 is 0.909 bits per heavy atom. The minimum absolute atomic E-state index is 0. The Labute approximate surface area is 96.8 Å². The SMILES string of the molecule is CC(=O)O.O.O.O.O.O.O.[Ce]. The summed E-state index contributed by atoms with van der Waals surface area (Å²) < 4.78 is 0. The molecule has 0 heterocycles. The summed E-state index contributed by atoms with van der Waals surface area (Å²) in [5.74, 6) is -0.833. The predicted molar refractivity (Wildman–Crippen MR) is 35.0 cm³/mol. The quantitative estimate of drug-likeness (QED) is 0.464. The van der Waals surface area contributed by atoms with Gasteiger partial charge in [0.25, 0.3) is 5.97 Å². The van der Waals surface area contributed by atoms with Gasteiger partial charge >= 0.3 is 0 Å². The molecule has 0 bridgehead atoms. The van der Waals surface area contributed by atoms with Gasteiger partial charge in [-0.1, -0.05) is 0 Å². The first kappa shape index (κ1) is 100. The van der Waals surface area contributed by atoms with E-state index in [9.17, 15) is 0 Å². The standard InChI is InChI=1S/C2H4O2.Ce.6H2O/c1-2(3)4;;;;;;;/h1H3,(H,3,4);;6*1H2. The van der Waals surface area contributed by atoms with Crippen LogP contribution in [-0.2, 0) is 4.79 Å². The van der Waals surface area contributed by atoms with E-state index in [1.165, 1.54) is 0 Å². The van der Waals surface area contributed by atoms with Crippen LogP contribution < -0.4 is 0 Å². The topological polar surface area (TPSA) is 226 Å². The summed E-state index contributed by atoms with van der Waals surface area (Å²) in [6.45, 7) is 1.08. The molecule has 9 heteroatoms. The van der Waals surface area contributed by atoms with Gasteiger partial charge in [-0.05, 0) is 0 Å². The van der Waals surface area contributed by atoms with E-state index in [4.69, 9.17) is 9.90 Å². The average Bonchev–Trinajstić information content (AvgIpc) is 0.811. The number of rotatable bonds is 0. The molecule has 0 fully saturated rings. The molecule has 11 heavy (non-hydrogen) atoms. The average molecular weight is 308 g/mol. The number of hydrogen-bond acceptors (Lipinski definition) is 1. The first-order valence-corrected chi connectivity index (χ1v) is 0.928. The second kappa shape index (κ2) is 75.3. The van der Waals surface area contributed by atoms with Crippen LogP contribution in [0.4, 0.5) is 0 Å². The molecule has 0 aliphatic carbocycles. The molecule has 0 aromatic carbocycles. The van der Waals surface area contributed by atoms with Crippen molar-refractivity contribution in [2.75, 3.05) is 0 Å². The van der Waals surface area contributed by atoms with Gasteiger partial charge in [-0.15, -0.1) is 0 Å². The third kappa shape index (κ3) is 2140. The van der Waals surface area contributed by atoms with Crippen LogP contribution in [-0.4, -0.2) is 43.9 Å². The van der Waals surface area contributed by atoms with Crippen LogP contribution in [0.1, 0.15) is 6.92 Å². The van der Waals surface area contributed by atoms with E-state index in [0.29, 0.717) is 0 Å². The summed E-state index contributed by atoms with van der Waals surface area (Å²) in [5, 5.41) is 7.42. The van der Waals surface area contributed by atoms with Crippen molar-refractivity contribution >= 4 is 5.97 Å². The summed E-state index contributed by atoms with van der Waals surface area (Å²) in [7, 11) is 0. The van der Waals surface area contributed by atoms with Gasteiger partial charge in [0.1, 0.15) is 0 Å². The maximum Gasteiger partial charge on any atom is 0.300 e. The molecule has 0 saturated carbocycles. The predicted octanol–water partition coefficient (Wildman–Crippen LogP) is -4.86. The smallest absolute Gasteiger partial charge is 0.300 e. The maximum absolute atomic E-state index is 9.00. The monoisotopic (exact) mass is 308 g/mol. The Balaban J connectivity index is -0.00000000214. The van der Waals surface area contributed by atoms with Crippen LogP contribution in [0.2, 0.25) is 0 Å². The van der Waals surface area contributed by atoms with Gasteiger partial charge in [-0.2, -0.15) is 0 Å². The summed E-state index contributed by atoms with van der Waals surface area (Å²) in [6, 6.07) is 0. The number of aliphatic carboxylic acids is 1. The molecule has 13 N–H and O–H groups in total. The fraction of sp³-hybridized carbons (Fsp3) is 0.500. The zero-order valence-electron chi connectivity index (χ0n) is 5.86. The van der Waals surface area contributed by atoms with Crippen LogP contribution in [0.25, 0.3) is 0 Å². The van der Waals surface area contributed by atoms with Crippen molar-refractivity contribution in [3.63, 3.8) is 0 Å². The summed E-state index contributed by atoms with van der Waals surface area (Å²) in [5.41, 5.74) is 0.